The molecule has 0 aliphatic heterocycles. The number of rotatable bonds is 10. The quantitative estimate of drug-likeness (QED) is 0.347. The van der Waals surface area contributed by atoms with Gasteiger partial charge in [-0.15, -0.1) is 0 Å². The molecule has 0 saturated carbocycles. The number of methoxy groups -OCH3 is 1. The Hall–Kier alpha value is -3.47. The fourth-order valence-corrected chi connectivity index (χ4v) is 3.57. The average molecular weight is 448 g/mol. The molecule has 3 aromatic rings. The first-order valence-corrected chi connectivity index (χ1v) is 11.2. The fraction of sp³-hybridized carbons (Fsp3) is 0.321. The molecular weight excluding hydrogens is 414 g/mol. The molecule has 0 unspecified atom stereocenters. The van der Waals surface area contributed by atoms with E-state index in [2.05, 4.69) is 32.9 Å². The summed E-state index contributed by atoms with van der Waals surface area (Å²) in [6.07, 6.45) is 6.27. The van der Waals surface area contributed by atoms with Crippen molar-refractivity contribution in [3.05, 3.63) is 87.7 Å². The maximum atomic E-state index is 12.9. The van der Waals surface area contributed by atoms with Gasteiger partial charge >= 0.3 is 0 Å². The Bertz CT molecular complexity index is 1200. The molecule has 0 bridgehead atoms. The molecule has 2 aromatic carbocycles. The van der Waals surface area contributed by atoms with E-state index in [1.165, 1.54) is 18.3 Å². The predicted octanol–water partition coefficient (Wildman–Crippen LogP) is 6.20. The molecule has 0 amide bonds. The number of pyridine rings is 1. The summed E-state index contributed by atoms with van der Waals surface area (Å²) in [5.74, 6) is 1.35. The monoisotopic (exact) mass is 447 g/mol. The van der Waals surface area contributed by atoms with E-state index in [0.717, 1.165) is 29.3 Å². The van der Waals surface area contributed by atoms with Gasteiger partial charge in [-0.3, -0.25) is 4.79 Å². The van der Waals surface area contributed by atoms with Gasteiger partial charge in [0.05, 0.1) is 12.6 Å². The zero-order valence-corrected chi connectivity index (χ0v) is 20.2. The maximum Gasteiger partial charge on any atom is 0.297 e. The molecule has 1 aromatic heterocycles. The molecule has 0 radical (unpaired) electrons. The van der Waals surface area contributed by atoms with Gasteiger partial charge in [-0.1, -0.05) is 47.6 Å². The molecule has 33 heavy (non-hydrogen) atoms. The van der Waals surface area contributed by atoms with E-state index in [9.17, 15) is 4.79 Å². The number of ether oxygens (including phenoxy) is 3. The number of aryl methyl sites for hydroxylation is 1. The average Bonchev–Trinajstić information content (AvgIpc) is 2.81. The van der Waals surface area contributed by atoms with Crippen molar-refractivity contribution in [2.45, 2.75) is 40.2 Å². The molecule has 0 saturated heterocycles. The molecule has 3 rings (SSSR count). The van der Waals surface area contributed by atoms with Crippen molar-refractivity contribution in [2.24, 2.45) is 7.05 Å². The lowest BCUT2D eigenvalue weighted by molar-refractivity contribution is 0.306. The number of fused-ring (bicyclic) bond motifs is 1. The molecule has 0 spiro atoms. The van der Waals surface area contributed by atoms with Gasteiger partial charge in [0.25, 0.3) is 5.56 Å². The van der Waals surface area contributed by atoms with Crippen molar-refractivity contribution in [1.82, 2.24) is 4.57 Å². The zero-order chi connectivity index (χ0) is 23.8. The second-order valence-corrected chi connectivity index (χ2v) is 8.36. The summed E-state index contributed by atoms with van der Waals surface area (Å²) in [6, 6.07) is 15.6. The molecule has 5 nitrogen and oxygen atoms in total. The summed E-state index contributed by atoms with van der Waals surface area (Å²) >= 11 is 0. The van der Waals surface area contributed by atoms with Crippen molar-refractivity contribution in [2.75, 3.05) is 13.7 Å². The Balaban J connectivity index is 1.84. The van der Waals surface area contributed by atoms with Gasteiger partial charge in [0.1, 0.15) is 19.0 Å². The predicted molar refractivity (Wildman–Crippen MR) is 134 cm³/mol. The van der Waals surface area contributed by atoms with Crippen LogP contribution in [0.1, 0.15) is 39.2 Å². The summed E-state index contributed by atoms with van der Waals surface area (Å²) in [4.78, 5) is 12.9. The van der Waals surface area contributed by atoms with Crippen LogP contribution in [0.25, 0.3) is 10.9 Å². The molecule has 0 fully saturated rings. The minimum Gasteiger partial charge on any atom is -0.489 e. The van der Waals surface area contributed by atoms with Crippen molar-refractivity contribution >= 4 is 10.9 Å². The van der Waals surface area contributed by atoms with Crippen LogP contribution >= 0.6 is 0 Å². The van der Waals surface area contributed by atoms with E-state index in [1.807, 2.05) is 48.5 Å². The number of aromatic nitrogens is 1. The Labute approximate surface area is 195 Å². The van der Waals surface area contributed by atoms with Crippen LogP contribution in [0.2, 0.25) is 0 Å². The van der Waals surface area contributed by atoms with Gasteiger partial charge in [0.2, 0.25) is 5.75 Å². The van der Waals surface area contributed by atoms with Crippen molar-refractivity contribution in [3.8, 4) is 17.2 Å². The van der Waals surface area contributed by atoms with Gasteiger partial charge in [-0.25, -0.2) is 0 Å². The smallest absolute Gasteiger partial charge is 0.297 e. The van der Waals surface area contributed by atoms with E-state index in [1.54, 1.807) is 11.6 Å². The van der Waals surface area contributed by atoms with Gasteiger partial charge in [-0.2, -0.15) is 0 Å². The summed E-state index contributed by atoms with van der Waals surface area (Å²) in [5.41, 5.74) is 4.13. The van der Waals surface area contributed by atoms with Crippen LogP contribution in [-0.4, -0.2) is 18.3 Å². The third-order valence-corrected chi connectivity index (χ3v) is 5.48. The van der Waals surface area contributed by atoms with Crippen molar-refractivity contribution in [3.63, 3.8) is 0 Å². The number of hydrogen-bond acceptors (Lipinski definition) is 4. The zero-order valence-electron chi connectivity index (χ0n) is 20.2. The second-order valence-electron chi connectivity index (χ2n) is 8.36. The van der Waals surface area contributed by atoms with Crippen molar-refractivity contribution in [1.29, 1.82) is 0 Å². The lowest BCUT2D eigenvalue weighted by Gasteiger charge is -2.16. The van der Waals surface area contributed by atoms with E-state index in [-0.39, 0.29) is 11.3 Å². The first-order valence-electron chi connectivity index (χ1n) is 11.2. The molecule has 0 atom stereocenters. The fourth-order valence-electron chi connectivity index (χ4n) is 3.57. The number of hydrogen-bond donors (Lipinski definition) is 0. The summed E-state index contributed by atoms with van der Waals surface area (Å²) in [6.45, 7) is 7.13. The van der Waals surface area contributed by atoms with Crippen LogP contribution in [0.15, 0.2) is 76.6 Å². The van der Waals surface area contributed by atoms with Crippen LogP contribution < -0.4 is 19.8 Å². The molecule has 0 aliphatic rings. The van der Waals surface area contributed by atoms with Gasteiger partial charge in [0, 0.05) is 18.5 Å². The number of allylic oxidation sites excluding steroid dienone is 3. The highest BCUT2D eigenvalue weighted by molar-refractivity contribution is 5.89. The summed E-state index contributed by atoms with van der Waals surface area (Å²) < 4.78 is 19.0. The third-order valence-electron chi connectivity index (χ3n) is 5.48. The minimum atomic E-state index is -0.246. The van der Waals surface area contributed by atoms with E-state index in [4.69, 9.17) is 14.2 Å². The maximum absolute atomic E-state index is 12.9. The highest BCUT2D eigenvalue weighted by Gasteiger charge is 2.18. The molecule has 1 heterocycles. The van der Waals surface area contributed by atoms with Crippen LogP contribution in [-0.2, 0) is 13.7 Å². The van der Waals surface area contributed by atoms with Crippen LogP contribution in [0.3, 0.4) is 0 Å². The lowest BCUT2D eigenvalue weighted by Crippen LogP contribution is -2.20. The highest BCUT2D eigenvalue weighted by Crippen LogP contribution is 2.34. The van der Waals surface area contributed by atoms with Crippen molar-refractivity contribution < 1.29 is 14.2 Å². The summed E-state index contributed by atoms with van der Waals surface area (Å²) in [5, 5.41) is 0.802. The Morgan fingerprint density at radius 3 is 2.42 bits per heavy atom. The SMILES string of the molecule is COc1c(OC/C=C(\C)CCC=C(C)C)c2ccc(OCc3ccccc3)cc2n(C)c1=O. The molecule has 0 N–H and O–H groups in total. The number of benzene rings is 2. The molecular formula is C28H33NO4. The van der Waals surface area contributed by atoms with Gasteiger partial charge in [0.15, 0.2) is 5.75 Å². The standard InChI is InChI=1S/C28H33NO4/c1-20(2)10-9-11-21(3)16-17-32-26-24-15-14-23(33-19-22-12-7-6-8-13-22)18-25(24)29(4)28(30)27(26)31-5/h6-8,10,12-16,18H,9,11,17,19H2,1-5H3/b21-16+. The van der Waals surface area contributed by atoms with E-state index in [0.29, 0.717) is 24.7 Å². The summed E-state index contributed by atoms with van der Waals surface area (Å²) in [7, 11) is 3.22. The van der Waals surface area contributed by atoms with Gasteiger partial charge < -0.3 is 18.8 Å². The lowest BCUT2D eigenvalue weighted by atomic mass is 10.1. The Morgan fingerprint density at radius 1 is 0.970 bits per heavy atom. The first-order chi connectivity index (χ1) is 15.9. The Kier molecular flexibility index (Phi) is 8.36. The molecule has 174 valence electrons. The highest BCUT2D eigenvalue weighted by atomic mass is 16.5. The second kappa shape index (κ2) is 11.4. The Morgan fingerprint density at radius 2 is 1.73 bits per heavy atom. The van der Waals surface area contributed by atoms with Crippen LogP contribution in [0, 0.1) is 0 Å². The minimum absolute atomic E-state index is 0.207. The van der Waals surface area contributed by atoms with E-state index < -0.39 is 0 Å². The van der Waals surface area contributed by atoms with E-state index >= 15 is 0 Å². The van der Waals surface area contributed by atoms with Crippen LogP contribution in [0.5, 0.6) is 17.2 Å². The topological polar surface area (TPSA) is 49.7 Å². The molecule has 5 heteroatoms. The largest absolute Gasteiger partial charge is 0.489 e. The molecule has 0 aliphatic carbocycles. The normalized spacial score (nSPS) is 11.4. The van der Waals surface area contributed by atoms with Crippen LogP contribution in [0.4, 0.5) is 0 Å². The number of nitrogens with zero attached hydrogens (tertiary/aromatic N) is 1. The van der Waals surface area contributed by atoms with Gasteiger partial charge in [-0.05, 0) is 57.4 Å². The first kappa shape index (κ1) is 24.2. The third kappa shape index (κ3) is 6.28.